The van der Waals surface area contributed by atoms with Crippen molar-refractivity contribution in [1.29, 1.82) is 0 Å². The Bertz CT molecular complexity index is 398. The minimum absolute atomic E-state index is 0.0179. The van der Waals surface area contributed by atoms with Crippen molar-refractivity contribution in [3.8, 4) is 0 Å². The van der Waals surface area contributed by atoms with Crippen molar-refractivity contribution in [3.05, 3.63) is 0 Å². The quantitative estimate of drug-likeness (QED) is 0.590. The van der Waals surface area contributed by atoms with Crippen LogP contribution in [0.1, 0.15) is 64.7 Å². The first kappa shape index (κ1) is 16.4. The molecule has 3 nitrogen and oxygen atoms in total. The molecule has 1 aliphatic carbocycles. The fraction of sp³-hybridized carbons (Fsp3) is 0.875. The van der Waals surface area contributed by atoms with E-state index in [0.29, 0.717) is 19.4 Å². The maximum atomic E-state index is 13.5. The van der Waals surface area contributed by atoms with Gasteiger partial charge in [0.1, 0.15) is 0 Å². The normalized spacial score (nSPS) is 29.8. The molecule has 0 bridgehead atoms. The Morgan fingerprint density at radius 2 is 1.86 bits per heavy atom. The number of amides is 1. The van der Waals surface area contributed by atoms with Crippen LogP contribution in [0.15, 0.2) is 0 Å². The van der Waals surface area contributed by atoms with E-state index < -0.39 is 11.8 Å². The molecule has 2 aliphatic rings. The molecular weight excluding hydrogens is 276 g/mol. The van der Waals surface area contributed by atoms with E-state index in [1.54, 1.807) is 11.8 Å². The van der Waals surface area contributed by atoms with Crippen molar-refractivity contribution in [2.24, 2.45) is 5.92 Å². The van der Waals surface area contributed by atoms with Crippen LogP contribution in [0.3, 0.4) is 0 Å². The van der Waals surface area contributed by atoms with E-state index in [0.717, 1.165) is 25.7 Å². The van der Waals surface area contributed by atoms with Gasteiger partial charge in [-0.15, -0.1) is 0 Å². The van der Waals surface area contributed by atoms with Gasteiger partial charge in [-0.05, 0) is 44.4 Å². The molecule has 120 valence electrons. The third kappa shape index (κ3) is 4.01. The molecule has 1 heterocycles. The number of carbonyl (C=O) groups is 2. The molecule has 21 heavy (non-hydrogen) atoms. The number of halogens is 2. The predicted molar refractivity (Wildman–Crippen MR) is 76.2 cm³/mol. The molecule has 1 saturated heterocycles. The van der Waals surface area contributed by atoms with E-state index in [1.165, 1.54) is 0 Å². The summed E-state index contributed by atoms with van der Waals surface area (Å²) in [5.41, 5.74) is 0. The van der Waals surface area contributed by atoms with Crippen LogP contribution in [-0.2, 0) is 9.59 Å². The molecule has 1 aliphatic heterocycles. The Hall–Kier alpha value is -1.00. The van der Waals surface area contributed by atoms with E-state index in [2.05, 4.69) is 0 Å². The Morgan fingerprint density at radius 3 is 2.57 bits per heavy atom. The number of likely N-dealkylation sites (tertiary alicyclic amines) is 1. The molecule has 2 unspecified atom stereocenters. The molecule has 2 rings (SSSR count). The minimum atomic E-state index is -2.56. The lowest BCUT2D eigenvalue weighted by atomic mass is 9.85. The SMILES string of the molecule is CCC(=O)C(=O)N1CCCCC1C1CCCC(F)(F)CC1. The van der Waals surface area contributed by atoms with Crippen molar-refractivity contribution in [2.45, 2.75) is 76.7 Å². The zero-order chi connectivity index (χ0) is 15.5. The van der Waals surface area contributed by atoms with Crippen LogP contribution in [0.4, 0.5) is 8.78 Å². The van der Waals surface area contributed by atoms with E-state index >= 15 is 0 Å². The number of hydrogen-bond donors (Lipinski definition) is 0. The van der Waals surface area contributed by atoms with Crippen LogP contribution in [0.5, 0.6) is 0 Å². The van der Waals surface area contributed by atoms with Gasteiger partial charge in [0.2, 0.25) is 11.7 Å². The maximum Gasteiger partial charge on any atom is 0.290 e. The van der Waals surface area contributed by atoms with Gasteiger partial charge in [0.05, 0.1) is 0 Å². The molecule has 2 fully saturated rings. The number of alkyl halides is 2. The summed E-state index contributed by atoms with van der Waals surface area (Å²) in [5, 5.41) is 0. The van der Waals surface area contributed by atoms with Gasteiger partial charge in [0.15, 0.2) is 0 Å². The Morgan fingerprint density at radius 1 is 1.10 bits per heavy atom. The average Bonchev–Trinajstić information content (AvgIpc) is 2.66. The van der Waals surface area contributed by atoms with Gasteiger partial charge in [-0.3, -0.25) is 9.59 Å². The van der Waals surface area contributed by atoms with Crippen molar-refractivity contribution in [2.75, 3.05) is 6.54 Å². The van der Waals surface area contributed by atoms with Crippen LogP contribution in [-0.4, -0.2) is 35.1 Å². The number of piperidine rings is 1. The van der Waals surface area contributed by atoms with Crippen LogP contribution in [0.25, 0.3) is 0 Å². The summed E-state index contributed by atoms with van der Waals surface area (Å²) in [7, 11) is 0. The first-order valence-electron chi connectivity index (χ1n) is 8.16. The van der Waals surface area contributed by atoms with Crippen LogP contribution in [0.2, 0.25) is 0 Å². The van der Waals surface area contributed by atoms with Gasteiger partial charge in [0.25, 0.3) is 5.91 Å². The summed E-state index contributed by atoms with van der Waals surface area (Å²) >= 11 is 0. The van der Waals surface area contributed by atoms with E-state index in [4.69, 9.17) is 0 Å². The number of ketones is 1. The second-order valence-electron chi connectivity index (χ2n) is 6.39. The van der Waals surface area contributed by atoms with Gasteiger partial charge in [0, 0.05) is 31.8 Å². The van der Waals surface area contributed by atoms with Gasteiger partial charge < -0.3 is 4.90 Å². The number of rotatable bonds is 3. The second kappa shape index (κ2) is 6.84. The highest BCUT2D eigenvalue weighted by molar-refractivity contribution is 6.36. The fourth-order valence-corrected chi connectivity index (χ4v) is 3.68. The molecule has 0 aromatic heterocycles. The van der Waals surface area contributed by atoms with Crippen LogP contribution < -0.4 is 0 Å². The molecule has 0 spiro atoms. The van der Waals surface area contributed by atoms with Gasteiger partial charge in [-0.25, -0.2) is 8.78 Å². The van der Waals surface area contributed by atoms with Gasteiger partial charge in [-0.1, -0.05) is 6.92 Å². The molecular formula is C16H25F2NO2. The summed E-state index contributed by atoms with van der Waals surface area (Å²) in [6, 6.07) is -0.0179. The fourth-order valence-electron chi connectivity index (χ4n) is 3.68. The van der Waals surface area contributed by atoms with E-state index in [-0.39, 0.29) is 37.0 Å². The zero-order valence-electron chi connectivity index (χ0n) is 12.7. The number of hydrogen-bond acceptors (Lipinski definition) is 2. The second-order valence-corrected chi connectivity index (χ2v) is 6.39. The van der Waals surface area contributed by atoms with Crippen LogP contribution >= 0.6 is 0 Å². The Balaban J connectivity index is 2.07. The molecule has 0 radical (unpaired) electrons. The van der Waals surface area contributed by atoms with Crippen molar-refractivity contribution >= 4 is 11.7 Å². The smallest absolute Gasteiger partial charge is 0.290 e. The Labute approximate surface area is 125 Å². The van der Waals surface area contributed by atoms with Crippen molar-refractivity contribution in [3.63, 3.8) is 0 Å². The topological polar surface area (TPSA) is 37.4 Å². The summed E-state index contributed by atoms with van der Waals surface area (Å²) in [6.45, 7) is 2.29. The minimum Gasteiger partial charge on any atom is -0.333 e. The van der Waals surface area contributed by atoms with Crippen LogP contribution in [0, 0.1) is 5.92 Å². The Kier molecular flexibility index (Phi) is 5.33. The first-order chi connectivity index (χ1) is 9.94. The summed E-state index contributed by atoms with van der Waals surface area (Å²) < 4.78 is 27.0. The summed E-state index contributed by atoms with van der Waals surface area (Å²) in [4.78, 5) is 25.6. The highest BCUT2D eigenvalue weighted by Gasteiger charge is 2.39. The maximum absolute atomic E-state index is 13.5. The van der Waals surface area contributed by atoms with Crippen molar-refractivity contribution in [1.82, 2.24) is 4.90 Å². The van der Waals surface area contributed by atoms with E-state index in [9.17, 15) is 18.4 Å². The van der Waals surface area contributed by atoms with E-state index in [1.807, 2.05) is 0 Å². The molecule has 0 aromatic rings. The first-order valence-corrected chi connectivity index (χ1v) is 8.16. The molecule has 0 aromatic carbocycles. The zero-order valence-corrected chi connectivity index (χ0v) is 12.7. The largest absolute Gasteiger partial charge is 0.333 e. The predicted octanol–water partition coefficient (Wildman–Crippen LogP) is 3.56. The number of carbonyl (C=O) groups excluding carboxylic acids is 2. The molecule has 1 saturated carbocycles. The molecule has 1 amide bonds. The monoisotopic (exact) mass is 301 g/mol. The molecule has 5 heteroatoms. The summed E-state index contributed by atoms with van der Waals surface area (Å²) in [6.07, 6.45) is 4.56. The highest BCUT2D eigenvalue weighted by Crippen LogP contribution is 2.38. The molecule has 2 atom stereocenters. The van der Waals surface area contributed by atoms with Gasteiger partial charge in [-0.2, -0.15) is 0 Å². The highest BCUT2D eigenvalue weighted by atomic mass is 19.3. The summed E-state index contributed by atoms with van der Waals surface area (Å²) in [5.74, 6) is -3.20. The standard InChI is InChI=1S/C16H25F2NO2/c1-2-14(20)15(21)19-11-4-3-7-13(19)12-6-5-9-16(17,18)10-8-12/h12-13H,2-11H2,1H3. The lowest BCUT2D eigenvalue weighted by molar-refractivity contribution is -0.148. The van der Waals surface area contributed by atoms with Gasteiger partial charge >= 0.3 is 0 Å². The number of nitrogens with zero attached hydrogens (tertiary/aromatic N) is 1. The third-order valence-corrected chi connectivity index (χ3v) is 4.91. The average molecular weight is 301 g/mol. The van der Waals surface area contributed by atoms with Crippen molar-refractivity contribution < 1.29 is 18.4 Å². The lowest BCUT2D eigenvalue weighted by Crippen LogP contribution is -2.50. The lowest BCUT2D eigenvalue weighted by Gasteiger charge is -2.40. The molecule has 0 N–H and O–H groups in total. The number of Topliss-reactive ketones (excluding diaryl/α,β-unsaturated/α-hetero) is 1. The third-order valence-electron chi connectivity index (χ3n) is 4.91.